The standard InChI is InChI=1S/C15H17N5O2/c1-7(2)10-11-8(21)4-3-5-9(11)22-14-12(10)13-18-15(16)19-20(13)6-17-14/h6-7,10H,3-5H2,1-2H3,(H2,16,19). The molecule has 0 fully saturated rings. The molecule has 0 amide bonds. The van der Waals surface area contributed by atoms with E-state index in [1.54, 1.807) is 10.8 Å². The zero-order valence-corrected chi connectivity index (χ0v) is 12.5. The van der Waals surface area contributed by atoms with Gasteiger partial charge < -0.3 is 10.5 Å². The SMILES string of the molecule is CC(C)C1C2=C(CCCC2=O)Oc2ncn3nc(N)nc3c21. The van der Waals surface area contributed by atoms with Crippen molar-refractivity contribution in [2.24, 2.45) is 5.92 Å². The van der Waals surface area contributed by atoms with Gasteiger partial charge in [-0.15, -0.1) is 5.10 Å². The van der Waals surface area contributed by atoms with Gasteiger partial charge in [-0.05, 0) is 12.3 Å². The molecule has 7 heteroatoms. The highest BCUT2D eigenvalue weighted by Crippen LogP contribution is 2.46. The van der Waals surface area contributed by atoms with Crippen LogP contribution in [-0.2, 0) is 4.79 Å². The zero-order valence-electron chi connectivity index (χ0n) is 12.5. The van der Waals surface area contributed by atoms with E-state index >= 15 is 0 Å². The van der Waals surface area contributed by atoms with Crippen molar-refractivity contribution in [3.05, 3.63) is 23.2 Å². The number of rotatable bonds is 1. The second-order valence-electron chi connectivity index (χ2n) is 6.14. The number of aromatic nitrogens is 4. The van der Waals surface area contributed by atoms with Gasteiger partial charge in [-0.3, -0.25) is 4.79 Å². The molecule has 4 rings (SSSR count). The maximum Gasteiger partial charge on any atom is 0.240 e. The molecule has 3 heterocycles. The topological polar surface area (TPSA) is 95.4 Å². The summed E-state index contributed by atoms with van der Waals surface area (Å²) < 4.78 is 7.48. The molecule has 0 radical (unpaired) electrons. The highest BCUT2D eigenvalue weighted by Gasteiger charge is 2.39. The Hall–Kier alpha value is -2.44. The van der Waals surface area contributed by atoms with Crippen molar-refractivity contribution in [2.75, 3.05) is 5.73 Å². The summed E-state index contributed by atoms with van der Waals surface area (Å²) in [6, 6.07) is 0. The van der Waals surface area contributed by atoms with E-state index in [0.717, 1.165) is 29.7 Å². The molecular weight excluding hydrogens is 282 g/mol. The Morgan fingerprint density at radius 3 is 3.00 bits per heavy atom. The van der Waals surface area contributed by atoms with E-state index in [0.29, 0.717) is 17.9 Å². The average molecular weight is 299 g/mol. The van der Waals surface area contributed by atoms with E-state index in [-0.39, 0.29) is 23.6 Å². The van der Waals surface area contributed by atoms with Gasteiger partial charge in [0.05, 0.1) is 5.56 Å². The highest BCUT2D eigenvalue weighted by molar-refractivity contribution is 5.99. The van der Waals surface area contributed by atoms with E-state index < -0.39 is 0 Å². The first kappa shape index (κ1) is 13.2. The van der Waals surface area contributed by atoms with Gasteiger partial charge in [0.1, 0.15) is 12.1 Å². The summed E-state index contributed by atoms with van der Waals surface area (Å²) in [5.41, 5.74) is 7.93. The molecule has 114 valence electrons. The highest BCUT2D eigenvalue weighted by atomic mass is 16.5. The minimum atomic E-state index is -0.0775. The Labute approximate surface area is 127 Å². The van der Waals surface area contributed by atoms with Crippen molar-refractivity contribution in [3.63, 3.8) is 0 Å². The molecule has 1 aliphatic heterocycles. The Balaban J connectivity index is 2.01. The lowest BCUT2D eigenvalue weighted by molar-refractivity contribution is -0.116. The largest absolute Gasteiger partial charge is 0.442 e. The summed E-state index contributed by atoms with van der Waals surface area (Å²) in [7, 11) is 0. The van der Waals surface area contributed by atoms with Crippen LogP contribution in [0.25, 0.3) is 5.65 Å². The fourth-order valence-corrected chi connectivity index (χ4v) is 3.44. The number of allylic oxidation sites excluding steroid dienone is 2. The van der Waals surface area contributed by atoms with Crippen LogP contribution in [0.3, 0.4) is 0 Å². The van der Waals surface area contributed by atoms with Crippen LogP contribution in [0.4, 0.5) is 5.95 Å². The van der Waals surface area contributed by atoms with Gasteiger partial charge in [0, 0.05) is 24.3 Å². The fourth-order valence-electron chi connectivity index (χ4n) is 3.44. The maximum absolute atomic E-state index is 12.5. The molecule has 0 saturated carbocycles. The molecule has 2 aliphatic rings. The van der Waals surface area contributed by atoms with Crippen LogP contribution in [0.1, 0.15) is 44.6 Å². The van der Waals surface area contributed by atoms with Crippen LogP contribution in [0.2, 0.25) is 0 Å². The first-order chi connectivity index (χ1) is 10.6. The van der Waals surface area contributed by atoms with Crippen molar-refractivity contribution in [1.29, 1.82) is 0 Å². The number of carbonyl (C=O) groups excluding carboxylic acids is 1. The second kappa shape index (κ2) is 4.53. The molecular formula is C15H17N5O2. The van der Waals surface area contributed by atoms with E-state index in [1.807, 2.05) is 0 Å². The predicted molar refractivity (Wildman–Crippen MR) is 79.3 cm³/mol. The Morgan fingerprint density at radius 1 is 1.41 bits per heavy atom. The number of fused-ring (bicyclic) bond motifs is 3. The summed E-state index contributed by atoms with van der Waals surface area (Å²) in [5.74, 6) is 1.79. The molecule has 0 aromatic carbocycles. The first-order valence-electron chi connectivity index (χ1n) is 7.51. The third-order valence-electron chi connectivity index (χ3n) is 4.32. The third-order valence-corrected chi connectivity index (χ3v) is 4.32. The molecule has 1 atom stereocenters. The monoisotopic (exact) mass is 299 g/mol. The number of Topliss-reactive ketones (excluding diaryl/α,β-unsaturated/α-hetero) is 1. The molecule has 0 saturated heterocycles. The number of carbonyl (C=O) groups is 1. The minimum absolute atomic E-state index is 0.0775. The van der Waals surface area contributed by atoms with Crippen LogP contribution in [0, 0.1) is 5.92 Å². The third kappa shape index (κ3) is 1.74. The number of ketones is 1. The Kier molecular flexibility index (Phi) is 2.72. The van der Waals surface area contributed by atoms with Crippen LogP contribution >= 0.6 is 0 Å². The molecule has 2 N–H and O–H groups in total. The van der Waals surface area contributed by atoms with E-state index in [2.05, 4.69) is 28.9 Å². The molecule has 1 unspecified atom stereocenters. The van der Waals surface area contributed by atoms with Gasteiger partial charge in [0.15, 0.2) is 11.4 Å². The van der Waals surface area contributed by atoms with Gasteiger partial charge in [-0.25, -0.2) is 4.98 Å². The van der Waals surface area contributed by atoms with E-state index in [1.165, 1.54) is 0 Å². The van der Waals surface area contributed by atoms with Crippen LogP contribution < -0.4 is 10.5 Å². The number of nitrogen functional groups attached to an aromatic ring is 1. The van der Waals surface area contributed by atoms with Crippen molar-refractivity contribution in [2.45, 2.75) is 39.0 Å². The van der Waals surface area contributed by atoms with Crippen molar-refractivity contribution < 1.29 is 9.53 Å². The average Bonchev–Trinajstić information content (AvgIpc) is 2.85. The summed E-state index contributed by atoms with van der Waals surface area (Å²) in [5, 5.41) is 4.10. The molecule has 0 spiro atoms. The summed E-state index contributed by atoms with van der Waals surface area (Å²) >= 11 is 0. The number of hydrogen-bond donors (Lipinski definition) is 1. The number of hydrogen-bond acceptors (Lipinski definition) is 6. The lowest BCUT2D eigenvalue weighted by Gasteiger charge is -2.33. The summed E-state index contributed by atoms with van der Waals surface area (Å²) in [6.07, 6.45) is 3.74. The van der Waals surface area contributed by atoms with Crippen LogP contribution in [0.5, 0.6) is 5.88 Å². The van der Waals surface area contributed by atoms with Crippen LogP contribution in [-0.4, -0.2) is 25.4 Å². The first-order valence-corrected chi connectivity index (χ1v) is 7.51. The van der Waals surface area contributed by atoms with Crippen molar-refractivity contribution >= 4 is 17.4 Å². The predicted octanol–water partition coefficient (Wildman–Crippen LogP) is 1.85. The number of ether oxygens (including phenoxy) is 1. The van der Waals surface area contributed by atoms with Gasteiger partial charge in [-0.2, -0.15) is 9.50 Å². The van der Waals surface area contributed by atoms with Crippen LogP contribution in [0.15, 0.2) is 17.7 Å². The minimum Gasteiger partial charge on any atom is -0.442 e. The van der Waals surface area contributed by atoms with E-state index in [4.69, 9.17) is 10.5 Å². The van der Waals surface area contributed by atoms with Crippen molar-refractivity contribution in [1.82, 2.24) is 19.6 Å². The second-order valence-corrected chi connectivity index (χ2v) is 6.14. The lowest BCUT2D eigenvalue weighted by atomic mass is 9.76. The van der Waals surface area contributed by atoms with Gasteiger partial charge in [-0.1, -0.05) is 13.8 Å². The van der Waals surface area contributed by atoms with Gasteiger partial charge in [0.2, 0.25) is 11.8 Å². The smallest absolute Gasteiger partial charge is 0.240 e. The van der Waals surface area contributed by atoms with Gasteiger partial charge in [0.25, 0.3) is 0 Å². The summed E-state index contributed by atoms with van der Waals surface area (Å²) in [6.45, 7) is 4.19. The number of nitrogens with two attached hydrogens (primary N) is 1. The quantitative estimate of drug-likeness (QED) is 0.863. The van der Waals surface area contributed by atoms with Gasteiger partial charge >= 0.3 is 0 Å². The molecule has 22 heavy (non-hydrogen) atoms. The number of anilines is 1. The lowest BCUT2D eigenvalue weighted by Crippen LogP contribution is -2.28. The molecule has 2 aromatic heterocycles. The zero-order chi connectivity index (χ0) is 15.4. The normalized spacial score (nSPS) is 21.0. The maximum atomic E-state index is 12.5. The molecule has 7 nitrogen and oxygen atoms in total. The van der Waals surface area contributed by atoms with Crippen molar-refractivity contribution in [3.8, 4) is 5.88 Å². The van der Waals surface area contributed by atoms with E-state index in [9.17, 15) is 4.79 Å². The molecule has 0 bridgehead atoms. The Bertz CT molecular complexity index is 821. The molecule has 1 aliphatic carbocycles. The molecule has 2 aromatic rings. The Morgan fingerprint density at radius 2 is 2.23 bits per heavy atom. The number of nitrogens with zero attached hydrogens (tertiary/aromatic N) is 4. The fraction of sp³-hybridized carbons (Fsp3) is 0.467. The summed E-state index contributed by atoms with van der Waals surface area (Å²) in [4.78, 5) is 21.1.